The van der Waals surface area contributed by atoms with Crippen LogP contribution < -0.4 is 4.31 Å². The number of anilines is 2. The van der Waals surface area contributed by atoms with Crippen molar-refractivity contribution < 1.29 is 21.6 Å². The van der Waals surface area contributed by atoms with Crippen LogP contribution in [0.4, 0.5) is 11.5 Å². The van der Waals surface area contributed by atoms with Crippen LogP contribution in [0.3, 0.4) is 0 Å². The standard InChI is InChI=1S/C31H34ClN5O5S2/c1-5-7-12-22-13-8-10-15-26(22)37-30-24(19-25(32)29(33-30)23-14-9-11-16-27(23)43(4,39)40)31(34-44(37,41)42)36-18-17-35(20-21(36)3)28(38)6-2/h6,8-11,13-16,19,21H,2,5,7,12,17-18,20H2,1,3-4H3. The largest absolute Gasteiger partial charge is 0.352 e. The third kappa shape index (κ3) is 5.98. The van der Waals surface area contributed by atoms with Crippen LogP contribution in [0.25, 0.3) is 11.3 Å². The number of para-hydroxylation sites is 1. The van der Waals surface area contributed by atoms with Crippen molar-refractivity contribution in [1.82, 2.24) is 14.8 Å². The van der Waals surface area contributed by atoms with Gasteiger partial charge in [0.1, 0.15) is 0 Å². The molecule has 2 aliphatic rings. The molecule has 5 rings (SSSR count). The number of carbonyl (C=O) groups excluding carboxylic acids is 1. The number of fused-ring (bicyclic) bond motifs is 1. The fourth-order valence-corrected chi connectivity index (χ4v) is 8.05. The number of amidine groups is 1. The number of rotatable bonds is 7. The number of pyridine rings is 1. The predicted octanol–water partition coefficient (Wildman–Crippen LogP) is 5.01. The molecule has 0 aliphatic carbocycles. The Bertz CT molecular complexity index is 1880. The van der Waals surface area contributed by atoms with Crippen LogP contribution in [0.5, 0.6) is 0 Å². The minimum Gasteiger partial charge on any atom is -0.349 e. The summed E-state index contributed by atoms with van der Waals surface area (Å²) >= 11 is 6.84. The lowest BCUT2D eigenvalue weighted by molar-refractivity contribution is -0.128. The van der Waals surface area contributed by atoms with Gasteiger partial charge in [-0.15, -0.1) is 4.40 Å². The van der Waals surface area contributed by atoms with Crippen LogP contribution in [0.15, 0.2) is 76.5 Å². The van der Waals surface area contributed by atoms with E-state index >= 15 is 0 Å². The molecule has 232 valence electrons. The highest BCUT2D eigenvalue weighted by atomic mass is 35.5. The Balaban J connectivity index is 1.75. The molecule has 1 fully saturated rings. The summed E-state index contributed by atoms with van der Waals surface area (Å²) < 4.78 is 59.2. The molecule has 0 bridgehead atoms. The number of nitrogens with zero attached hydrogens (tertiary/aromatic N) is 5. The second-order valence-electron chi connectivity index (χ2n) is 10.9. The molecule has 1 aromatic heterocycles. The molecule has 2 aliphatic heterocycles. The molecule has 1 amide bonds. The topological polar surface area (TPSA) is 120 Å². The average Bonchev–Trinajstić information content (AvgIpc) is 2.99. The number of unbranched alkanes of at least 4 members (excludes halogenated alkanes) is 1. The fraction of sp³-hybridized carbons (Fsp3) is 0.323. The monoisotopic (exact) mass is 655 g/mol. The molecule has 1 unspecified atom stereocenters. The quantitative estimate of drug-likeness (QED) is 0.328. The molecule has 1 saturated heterocycles. The summed E-state index contributed by atoms with van der Waals surface area (Å²) in [5, 5.41) is 0.138. The van der Waals surface area contributed by atoms with E-state index in [9.17, 15) is 21.6 Å². The van der Waals surface area contributed by atoms with Crippen LogP contribution in [-0.2, 0) is 31.3 Å². The number of aryl methyl sites for hydroxylation is 1. The van der Waals surface area contributed by atoms with Crippen molar-refractivity contribution in [3.05, 3.63) is 83.4 Å². The van der Waals surface area contributed by atoms with Crippen molar-refractivity contribution >= 4 is 54.9 Å². The van der Waals surface area contributed by atoms with Crippen molar-refractivity contribution in [2.75, 3.05) is 30.2 Å². The number of sulfone groups is 1. The summed E-state index contributed by atoms with van der Waals surface area (Å²) in [4.78, 5) is 20.6. The summed E-state index contributed by atoms with van der Waals surface area (Å²) in [5.41, 5.74) is 1.99. The lowest BCUT2D eigenvalue weighted by atomic mass is 10.0. The van der Waals surface area contributed by atoms with E-state index in [-0.39, 0.29) is 44.8 Å². The van der Waals surface area contributed by atoms with E-state index in [0.717, 1.165) is 29.0 Å². The van der Waals surface area contributed by atoms with Gasteiger partial charge in [0.25, 0.3) is 0 Å². The smallest absolute Gasteiger partial charge is 0.349 e. The van der Waals surface area contributed by atoms with Crippen LogP contribution in [0, 0.1) is 0 Å². The number of hydrogen-bond acceptors (Lipinski definition) is 7. The van der Waals surface area contributed by atoms with Gasteiger partial charge in [-0.2, -0.15) is 8.42 Å². The zero-order valence-corrected chi connectivity index (χ0v) is 27.2. The molecule has 1 atom stereocenters. The van der Waals surface area contributed by atoms with E-state index in [2.05, 4.69) is 17.9 Å². The second kappa shape index (κ2) is 12.3. The molecule has 10 nitrogen and oxygen atoms in total. The summed E-state index contributed by atoms with van der Waals surface area (Å²) in [6, 6.07) is 14.9. The zero-order valence-electron chi connectivity index (χ0n) is 24.8. The fourth-order valence-electron chi connectivity index (χ4n) is 5.62. The third-order valence-electron chi connectivity index (χ3n) is 7.76. The number of amides is 1. The Labute approximate surface area is 263 Å². The van der Waals surface area contributed by atoms with Crippen LogP contribution >= 0.6 is 11.6 Å². The zero-order chi connectivity index (χ0) is 31.8. The Kier molecular flexibility index (Phi) is 8.88. The third-order valence-corrected chi connectivity index (χ3v) is 10.4. The lowest BCUT2D eigenvalue weighted by Gasteiger charge is -2.42. The minimum absolute atomic E-state index is 0.0217. The normalized spacial score (nSPS) is 18.0. The highest BCUT2D eigenvalue weighted by Crippen LogP contribution is 2.42. The molecule has 3 heterocycles. The summed E-state index contributed by atoms with van der Waals surface area (Å²) in [5.74, 6) is 0.0279. The molecule has 0 radical (unpaired) electrons. The van der Waals surface area contributed by atoms with Crippen LogP contribution in [0.2, 0.25) is 5.02 Å². The Morgan fingerprint density at radius 3 is 2.50 bits per heavy atom. The van der Waals surface area contributed by atoms with Gasteiger partial charge in [0.2, 0.25) is 5.91 Å². The van der Waals surface area contributed by atoms with Gasteiger partial charge in [-0.3, -0.25) is 4.79 Å². The maximum atomic E-state index is 14.2. The van der Waals surface area contributed by atoms with Crippen molar-refractivity contribution in [3.8, 4) is 11.3 Å². The SMILES string of the molecule is C=CC(=O)N1CCN(C2=NS(=O)(=O)N(c3ccccc3CCCC)c3nc(-c4ccccc4S(C)(=O)=O)c(Cl)cc32)C(C)C1. The Morgan fingerprint density at radius 2 is 1.82 bits per heavy atom. The van der Waals surface area contributed by atoms with Crippen molar-refractivity contribution in [1.29, 1.82) is 0 Å². The maximum Gasteiger partial charge on any atom is 0.352 e. The first-order chi connectivity index (χ1) is 20.9. The maximum absolute atomic E-state index is 14.2. The Morgan fingerprint density at radius 1 is 1.11 bits per heavy atom. The van der Waals surface area contributed by atoms with Crippen molar-refractivity contribution in [2.45, 2.75) is 44.0 Å². The number of aromatic nitrogens is 1. The summed E-state index contributed by atoms with van der Waals surface area (Å²) in [6.07, 6.45) is 4.75. The minimum atomic E-state index is -4.39. The van der Waals surface area contributed by atoms with E-state index in [0.29, 0.717) is 37.3 Å². The van der Waals surface area contributed by atoms with E-state index < -0.39 is 20.0 Å². The average molecular weight is 656 g/mol. The number of benzene rings is 2. The lowest BCUT2D eigenvalue weighted by Crippen LogP contribution is -2.56. The first-order valence-corrected chi connectivity index (χ1v) is 18.0. The van der Waals surface area contributed by atoms with Gasteiger partial charge in [-0.05, 0) is 49.6 Å². The van der Waals surface area contributed by atoms with E-state index in [4.69, 9.17) is 16.6 Å². The molecule has 3 aromatic rings. The molecule has 0 N–H and O–H groups in total. The molecule has 44 heavy (non-hydrogen) atoms. The summed E-state index contributed by atoms with van der Waals surface area (Å²) in [7, 11) is -8.06. The van der Waals surface area contributed by atoms with Gasteiger partial charge in [-0.1, -0.05) is 67.9 Å². The first-order valence-electron chi connectivity index (χ1n) is 14.3. The number of carbonyl (C=O) groups is 1. The van der Waals surface area contributed by atoms with Crippen LogP contribution in [-0.4, -0.2) is 75.3 Å². The van der Waals surface area contributed by atoms with E-state index in [1.54, 1.807) is 41.3 Å². The van der Waals surface area contributed by atoms with Crippen LogP contribution in [0.1, 0.15) is 37.8 Å². The molecular weight excluding hydrogens is 622 g/mol. The summed E-state index contributed by atoms with van der Waals surface area (Å²) in [6.45, 7) is 8.51. The molecule has 2 aromatic carbocycles. The van der Waals surface area contributed by atoms with Gasteiger partial charge in [0.05, 0.1) is 26.9 Å². The van der Waals surface area contributed by atoms with Gasteiger partial charge < -0.3 is 9.80 Å². The molecule has 0 saturated carbocycles. The van der Waals surface area contributed by atoms with Gasteiger partial charge in [-0.25, -0.2) is 17.7 Å². The van der Waals surface area contributed by atoms with E-state index in [1.165, 1.54) is 12.1 Å². The van der Waals surface area contributed by atoms with Gasteiger partial charge in [0.15, 0.2) is 21.5 Å². The molecular formula is C31H34ClN5O5S2. The predicted molar refractivity (Wildman–Crippen MR) is 173 cm³/mol. The van der Waals surface area contributed by atoms with Crippen molar-refractivity contribution in [3.63, 3.8) is 0 Å². The highest BCUT2D eigenvalue weighted by molar-refractivity contribution is 7.92. The number of hydrogen-bond donors (Lipinski definition) is 0. The Hall–Kier alpha value is -3.74. The number of halogens is 1. The van der Waals surface area contributed by atoms with Crippen molar-refractivity contribution in [2.24, 2.45) is 4.40 Å². The second-order valence-corrected chi connectivity index (χ2v) is 14.7. The molecule has 13 heteroatoms. The number of piperazine rings is 1. The molecule has 0 spiro atoms. The van der Waals surface area contributed by atoms with Gasteiger partial charge in [0, 0.05) is 37.5 Å². The highest BCUT2D eigenvalue weighted by Gasteiger charge is 2.40. The van der Waals surface area contributed by atoms with Gasteiger partial charge >= 0.3 is 10.2 Å². The first kappa shape index (κ1) is 31.7. The van der Waals surface area contributed by atoms with E-state index in [1.807, 2.05) is 24.0 Å².